The number of hydrogen-bond acceptors (Lipinski definition) is 8. The average Bonchev–Trinajstić information content (AvgIpc) is 3.63. The van der Waals surface area contributed by atoms with Gasteiger partial charge in [0.1, 0.15) is 11.8 Å². The van der Waals surface area contributed by atoms with Crippen LogP contribution in [0.15, 0.2) is 57.7 Å². The van der Waals surface area contributed by atoms with Gasteiger partial charge in [0, 0.05) is 29.1 Å². The first kappa shape index (κ1) is 36.8. The second-order valence-corrected chi connectivity index (χ2v) is 17.0. The van der Waals surface area contributed by atoms with Crippen LogP contribution in [0.2, 0.25) is 5.02 Å². The molecule has 0 bridgehead atoms. The maximum Gasteiger partial charge on any atom is 0.334 e. The lowest BCUT2D eigenvalue weighted by Gasteiger charge is -2.69. The maximum atomic E-state index is 14.2. The van der Waals surface area contributed by atoms with E-state index >= 15 is 0 Å². The van der Waals surface area contributed by atoms with Crippen molar-refractivity contribution in [2.45, 2.75) is 125 Å². The third-order valence-corrected chi connectivity index (χ3v) is 13.9. The highest BCUT2D eigenvalue weighted by Crippen LogP contribution is 2.74. The van der Waals surface area contributed by atoms with E-state index in [0.717, 1.165) is 42.4 Å². The summed E-state index contributed by atoms with van der Waals surface area (Å²) < 4.78 is 17.6. The van der Waals surface area contributed by atoms with Crippen LogP contribution in [0.3, 0.4) is 0 Å². The second kappa shape index (κ2) is 13.9. The van der Waals surface area contributed by atoms with Crippen LogP contribution in [0.4, 0.5) is 0 Å². The zero-order valence-corrected chi connectivity index (χ0v) is 31.4. The molecule has 1 aromatic heterocycles. The minimum atomic E-state index is -0.602. The number of halogens is 1. The minimum Gasteiger partial charge on any atom is -0.458 e. The van der Waals surface area contributed by atoms with Crippen LogP contribution in [-0.2, 0) is 25.7 Å². The Labute approximate surface area is 301 Å². The third-order valence-electron chi connectivity index (χ3n) is 13.6. The summed E-state index contributed by atoms with van der Waals surface area (Å²) in [4.78, 5) is 26.9. The van der Waals surface area contributed by atoms with Gasteiger partial charge < -0.3 is 24.2 Å². The van der Waals surface area contributed by atoms with E-state index in [1.54, 1.807) is 18.2 Å². The summed E-state index contributed by atoms with van der Waals surface area (Å²) in [6, 6.07) is 9.01. The molecule has 272 valence electrons. The standard InChI is InChI=1S/C41H54ClNO7/c1-23(2)9-8-10-29(38(47)48-22-28-19-32(43-50-28)26-11-13-27(42)14-12-26)36-31-20-34(46)37-39(5)17-16-33(45)24(3)30(39)15-18-40(37,6)41(31,7)21-35(36)49-25(4)44/h9,11-14,19,24,30-31,33-35,37,45-46H,8,10,15-18,20-22H2,1-7H3/b36-29-/t24-,30-,31-,33+,34+,35-,37-,39-,40-,41-/m0/s1. The fourth-order valence-electron chi connectivity index (χ4n) is 11.1. The maximum absolute atomic E-state index is 14.2. The van der Waals surface area contributed by atoms with E-state index in [1.807, 2.05) is 26.0 Å². The van der Waals surface area contributed by atoms with E-state index in [9.17, 15) is 19.8 Å². The number of carbonyl (C=O) groups excluding carboxylic acids is 2. The molecular weight excluding hydrogens is 654 g/mol. The van der Waals surface area contributed by atoms with E-state index in [0.29, 0.717) is 53.7 Å². The molecule has 2 N–H and O–H groups in total. The number of carbonyl (C=O) groups is 2. The van der Waals surface area contributed by atoms with E-state index in [-0.39, 0.29) is 46.7 Å². The molecule has 4 aliphatic rings. The molecule has 0 aliphatic heterocycles. The SMILES string of the molecule is CC(=O)O[C@H]1C[C@@]2(C)[C@@H](C[C@@H](O)[C@H]3[C@@]4(C)CC[C@@H](O)[C@@H](C)[C@@H]4CC[C@@]32C)/C1=C(\CCC=C(C)C)C(=O)OCc1cc(-c2ccc(Cl)cc2)no1. The van der Waals surface area contributed by atoms with E-state index in [4.69, 9.17) is 25.6 Å². The van der Waals surface area contributed by atoms with Crippen LogP contribution < -0.4 is 0 Å². The number of benzene rings is 1. The van der Waals surface area contributed by atoms with Gasteiger partial charge in [0.05, 0.1) is 12.2 Å². The molecule has 10 atom stereocenters. The fourth-order valence-corrected chi connectivity index (χ4v) is 11.3. The molecule has 2 aromatic rings. The highest BCUT2D eigenvalue weighted by Gasteiger charge is 2.70. The van der Waals surface area contributed by atoms with Gasteiger partial charge in [-0.05, 0) is 123 Å². The normalized spacial score (nSPS) is 37.2. The summed E-state index contributed by atoms with van der Waals surface area (Å²) in [6.07, 6.45) is 6.18. The van der Waals surface area contributed by atoms with Crippen molar-refractivity contribution in [3.8, 4) is 11.3 Å². The summed E-state index contributed by atoms with van der Waals surface area (Å²) in [5.41, 5.74) is 3.15. The lowest BCUT2D eigenvalue weighted by Crippen LogP contribution is -2.65. The zero-order chi connectivity index (χ0) is 36.2. The number of hydrogen-bond donors (Lipinski definition) is 2. The number of aliphatic hydroxyl groups is 2. The molecule has 0 unspecified atom stereocenters. The van der Waals surface area contributed by atoms with Crippen LogP contribution in [0, 0.1) is 39.9 Å². The Morgan fingerprint density at radius 3 is 2.44 bits per heavy atom. The molecule has 4 fully saturated rings. The third kappa shape index (κ3) is 6.38. The molecule has 9 heteroatoms. The second-order valence-electron chi connectivity index (χ2n) is 16.6. The van der Waals surface area contributed by atoms with Crippen molar-refractivity contribution in [2.75, 3.05) is 0 Å². The van der Waals surface area contributed by atoms with Gasteiger partial charge in [0.15, 0.2) is 12.4 Å². The van der Waals surface area contributed by atoms with Gasteiger partial charge in [-0.1, -0.05) is 68.2 Å². The van der Waals surface area contributed by atoms with E-state index in [1.165, 1.54) is 6.92 Å². The molecule has 1 heterocycles. The molecule has 1 aromatic carbocycles. The highest BCUT2D eigenvalue weighted by atomic mass is 35.5. The fraction of sp³-hybridized carbons (Fsp3) is 0.634. The van der Waals surface area contributed by atoms with Crippen molar-refractivity contribution in [1.29, 1.82) is 0 Å². The van der Waals surface area contributed by atoms with Crippen LogP contribution in [0.1, 0.15) is 106 Å². The van der Waals surface area contributed by atoms with Gasteiger partial charge in [-0.3, -0.25) is 4.79 Å². The van der Waals surface area contributed by atoms with Crippen molar-refractivity contribution in [1.82, 2.24) is 5.16 Å². The van der Waals surface area contributed by atoms with E-state index < -0.39 is 24.1 Å². The minimum absolute atomic E-state index is 0.0182. The Morgan fingerprint density at radius 2 is 1.76 bits per heavy atom. The lowest BCUT2D eigenvalue weighted by molar-refractivity contribution is -0.234. The van der Waals surface area contributed by atoms with Crippen molar-refractivity contribution in [3.63, 3.8) is 0 Å². The molecule has 0 saturated heterocycles. The molecule has 0 spiro atoms. The first-order valence-electron chi connectivity index (χ1n) is 18.4. The Balaban J connectivity index is 1.36. The largest absolute Gasteiger partial charge is 0.458 e. The molecular formula is C41H54ClNO7. The molecule has 0 radical (unpaired) electrons. The Morgan fingerprint density at radius 1 is 1.04 bits per heavy atom. The van der Waals surface area contributed by atoms with Gasteiger partial charge in [0.2, 0.25) is 0 Å². The summed E-state index contributed by atoms with van der Waals surface area (Å²) in [5.74, 6) is -0.116. The molecule has 4 saturated carbocycles. The van der Waals surface area contributed by atoms with Gasteiger partial charge in [0.25, 0.3) is 0 Å². The number of esters is 2. The van der Waals surface area contributed by atoms with Gasteiger partial charge >= 0.3 is 11.9 Å². The van der Waals surface area contributed by atoms with Crippen LogP contribution >= 0.6 is 11.6 Å². The first-order valence-corrected chi connectivity index (χ1v) is 18.7. The number of fused-ring (bicyclic) bond motifs is 5. The highest BCUT2D eigenvalue weighted by molar-refractivity contribution is 6.30. The van der Waals surface area contributed by atoms with Crippen molar-refractivity contribution >= 4 is 23.5 Å². The summed E-state index contributed by atoms with van der Waals surface area (Å²) in [6.45, 7) is 14.5. The first-order chi connectivity index (χ1) is 23.6. The molecule has 0 amide bonds. The molecule has 4 aliphatic carbocycles. The van der Waals surface area contributed by atoms with Gasteiger partial charge in [-0.25, -0.2) is 4.79 Å². The van der Waals surface area contributed by atoms with Crippen molar-refractivity contribution in [3.05, 3.63) is 63.9 Å². The number of aromatic nitrogens is 1. The lowest BCUT2D eigenvalue weighted by atomic mass is 9.36. The summed E-state index contributed by atoms with van der Waals surface area (Å²) in [5, 5.41) is 27.9. The smallest absolute Gasteiger partial charge is 0.334 e. The number of rotatable bonds is 8. The molecule has 6 rings (SSSR count). The number of nitrogens with zero attached hydrogens (tertiary/aromatic N) is 1. The van der Waals surface area contributed by atoms with Crippen LogP contribution in [0.25, 0.3) is 11.3 Å². The predicted octanol–water partition coefficient (Wildman–Crippen LogP) is 8.63. The molecule has 50 heavy (non-hydrogen) atoms. The van der Waals surface area contributed by atoms with Crippen molar-refractivity contribution in [2.24, 2.45) is 39.9 Å². The van der Waals surface area contributed by atoms with Crippen molar-refractivity contribution < 1.29 is 33.8 Å². The van der Waals surface area contributed by atoms with Gasteiger partial charge in [-0.15, -0.1) is 0 Å². The number of allylic oxidation sites excluding steroid dienone is 2. The Hall–Kier alpha value is -2.94. The average molecular weight is 708 g/mol. The molecule has 8 nitrogen and oxygen atoms in total. The van der Waals surface area contributed by atoms with Gasteiger partial charge in [-0.2, -0.15) is 0 Å². The topological polar surface area (TPSA) is 119 Å². The Kier molecular flexibility index (Phi) is 10.2. The van der Waals surface area contributed by atoms with Crippen LogP contribution in [-0.4, -0.2) is 45.6 Å². The van der Waals surface area contributed by atoms with Crippen LogP contribution in [0.5, 0.6) is 0 Å². The number of ether oxygens (including phenoxy) is 2. The Bertz CT molecular complexity index is 1660. The predicted molar refractivity (Wildman–Crippen MR) is 192 cm³/mol. The zero-order valence-electron chi connectivity index (χ0n) is 30.6. The summed E-state index contributed by atoms with van der Waals surface area (Å²) in [7, 11) is 0. The number of aliphatic hydroxyl groups excluding tert-OH is 2. The van der Waals surface area contributed by atoms with E-state index in [2.05, 4.69) is 38.9 Å². The monoisotopic (exact) mass is 707 g/mol. The quantitative estimate of drug-likeness (QED) is 0.159. The summed E-state index contributed by atoms with van der Waals surface area (Å²) >= 11 is 6.05.